The van der Waals surface area contributed by atoms with E-state index in [2.05, 4.69) is 38.6 Å². The Labute approximate surface area is 152 Å². The van der Waals surface area contributed by atoms with Gasteiger partial charge in [-0.05, 0) is 92.8 Å². The summed E-state index contributed by atoms with van der Waals surface area (Å²) in [6, 6.07) is 0. The normalized spacial score (nSPS) is 59.2. The van der Waals surface area contributed by atoms with Crippen molar-refractivity contribution in [1.29, 1.82) is 0 Å². The molecule has 0 aromatic rings. The van der Waals surface area contributed by atoms with E-state index in [0.717, 1.165) is 36.5 Å². The summed E-state index contributed by atoms with van der Waals surface area (Å²) in [5, 5.41) is 10.1. The third-order valence-electron chi connectivity index (χ3n) is 9.41. The van der Waals surface area contributed by atoms with Gasteiger partial charge in [0.2, 0.25) is 0 Å². The first-order valence-corrected chi connectivity index (χ1v) is 11.4. The highest BCUT2D eigenvalue weighted by Gasteiger charge is 2.63. The van der Waals surface area contributed by atoms with Crippen molar-refractivity contribution in [2.45, 2.75) is 83.0 Å². The van der Waals surface area contributed by atoms with Gasteiger partial charge in [0.15, 0.2) is 0 Å². The zero-order chi connectivity index (χ0) is 16.7. The number of hydrogen-bond acceptors (Lipinski definition) is 2. The van der Waals surface area contributed by atoms with Crippen LogP contribution in [0.25, 0.3) is 0 Å². The molecule has 0 aromatic carbocycles. The minimum absolute atomic E-state index is 0.0718. The Kier molecular flexibility index (Phi) is 3.43. The molecule has 0 aromatic heterocycles. The first kappa shape index (κ1) is 16.2. The highest BCUT2D eigenvalue weighted by molar-refractivity contribution is 8.07. The average molecular weight is 347 g/mol. The lowest BCUT2D eigenvalue weighted by Gasteiger charge is -2.58. The standard InChI is InChI=1S/C22H34OS/c1-20-10-8-15(23)12-14(20)4-5-16-17-6-7-19(22(3)13-24-22)21(17,2)11-9-18(16)20/h4,15-19,23H,5-13H2,1-3H3/t15?,16?,17?,18?,19?,20-,21-,22?/m0/s1. The smallest absolute Gasteiger partial charge is 0.0577 e. The Hall–Kier alpha value is 0.0500. The summed E-state index contributed by atoms with van der Waals surface area (Å²) in [4.78, 5) is 0. The van der Waals surface area contributed by atoms with Crippen molar-refractivity contribution < 1.29 is 5.11 Å². The van der Waals surface area contributed by atoms with E-state index in [4.69, 9.17) is 0 Å². The molecule has 4 aliphatic carbocycles. The van der Waals surface area contributed by atoms with E-state index in [1.54, 1.807) is 5.57 Å². The molecule has 134 valence electrons. The Morgan fingerprint density at radius 2 is 1.83 bits per heavy atom. The quantitative estimate of drug-likeness (QED) is 0.504. The average Bonchev–Trinajstić information content (AvgIpc) is 3.17. The Morgan fingerprint density at radius 1 is 1.04 bits per heavy atom. The molecule has 1 saturated heterocycles. The van der Waals surface area contributed by atoms with Crippen LogP contribution in [0.15, 0.2) is 11.6 Å². The van der Waals surface area contributed by atoms with Crippen LogP contribution >= 0.6 is 11.8 Å². The van der Waals surface area contributed by atoms with E-state index < -0.39 is 0 Å². The first-order chi connectivity index (χ1) is 11.4. The van der Waals surface area contributed by atoms with Gasteiger partial charge < -0.3 is 5.11 Å². The van der Waals surface area contributed by atoms with Crippen molar-refractivity contribution in [2.24, 2.45) is 34.5 Å². The topological polar surface area (TPSA) is 20.2 Å². The maximum Gasteiger partial charge on any atom is 0.0577 e. The number of rotatable bonds is 1. The van der Waals surface area contributed by atoms with Gasteiger partial charge >= 0.3 is 0 Å². The molecule has 1 heterocycles. The molecule has 6 unspecified atom stereocenters. The molecule has 0 bridgehead atoms. The number of aliphatic hydroxyl groups is 1. The highest BCUT2D eigenvalue weighted by Crippen LogP contribution is 2.71. The van der Waals surface area contributed by atoms with Crippen LogP contribution in [0.3, 0.4) is 0 Å². The summed E-state index contributed by atoms with van der Waals surface area (Å²) in [6.07, 6.45) is 12.9. The summed E-state index contributed by atoms with van der Waals surface area (Å²) >= 11 is 2.23. The molecule has 2 heteroatoms. The lowest BCUT2D eigenvalue weighted by molar-refractivity contribution is -0.0518. The van der Waals surface area contributed by atoms with Gasteiger partial charge in [-0.3, -0.25) is 0 Å². The van der Waals surface area contributed by atoms with Gasteiger partial charge in [-0.2, -0.15) is 11.8 Å². The third kappa shape index (κ3) is 2.05. The van der Waals surface area contributed by atoms with E-state index in [0.29, 0.717) is 15.6 Å². The second-order valence-electron chi connectivity index (χ2n) is 10.4. The molecule has 0 spiro atoms. The van der Waals surface area contributed by atoms with Gasteiger partial charge in [0.25, 0.3) is 0 Å². The van der Waals surface area contributed by atoms with Gasteiger partial charge in [0.1, 0.15) is 0 Å². The summed E-state index contributed by atoms with van der Waals surface area (Å²) in [5.41, 5.74) is 2.63. The predicted molar refractivity (Wildman–Crippen MR) is 102 cm³/mol. The SMILES string of the molecule is CC1(C2CCC3C4CC=C5CC(O)CC[C@]5(C)C4CC[C@@]32C)CS1. The fourth-order valence-corrected chi connectivity index (χ4v) is 8.98. The van der Waals surface area contributed by atoms with Crippen molar-refractivity contribution in [3.8, 4) is 0 Å². The molecule has 0 amide bonds. The minimum Gasteiger partial charge on any atom is -0.393 e. The number of allylic oxidation sites excluding steroid dienone is 1. The van der Waals surface area contributed by atoms with Crippen LogP contribution in [0.5, 0.6) is 0 Å². The monoisotopic (exact) mass is 346 g/mol. The molecule has 1 N–H and O–H groups in total. The van der Waals surface area contributed by atoms with E-state index >= 15 is 0 Å². The molecular weight excluding hydrogens is 312 g/mol. The number of aliphatic hydroxyl groups excluding tert-OH is 1. The summed E-state index contributed by atoms with van der Waals surface area (Å²) in [5.74, 6) is 5.15. The fraction of sp³-hybridized carbons (Fsp3) is 0.909. The summed E-state index contributed by atoms with van der Waals surface area (Å²) in [6.45, 7) is 7.77. The Balaban J connectivity index is 1.47. The van der Waals surface area contributed by atoms with Crippen LogP contribution in [0, 0.1) is 34.5 Å². The molecule has 8 atom stereocenters. The van der Waals surface area contributed by atoms with Crippen LogP contribution in [0.1, 0.15) is 72.1 Å². The Morgan fingerprint density at radius 3 is 2.58 bits per heavy atom. The molecule has 1 nitrogen and oxygen atoms in total. The molecule has 1 aliphatic heterocycles. The lowest BCUT2D eigenvalue weighted by Crippen LogP contribution is -2.51. The summed E-state index contributed by atoms with van der Waals surface area (Å²) in [7, 11) is 0. The second-order valence-corrected chi connectivity index (χ2v) is 11.9. The summed E-state index contributed by atoms with van der Waals surface area (Å²) < 4.78 is 0.616. The molecular formula is C22H34OS. The van der Waals surface area contributed by atoms with Crippen LogP contribution in [-0.2, 0) is 0 Å². The van der Waals surface area contributed by atoms with Crippen LogP contribution < -0.4 is 0 Å². The van der Waals surface area contributed by atoms with E-state index in [9.17, 15) is 5.11 Å². The molecule has 3 saturated carbocycles. The Bertz CT molecular complexity index is 579. The van der Waals surface area contributed by atoms with Gasteiger partial charge in [0.05, 0.1) is 6.10 Å². The van der Waals surface area contributed by atoms with Gasteiger partial charge in [-0.1, -0.05) is 25.5 Å². The van der Waals surface area contributed by atoms with Crippen molar-refractivity contribution in [3.05, 3.63) is 11.6 Å². The van der Waals surface area contributed by atoms with Gasteiger partial charge in [0, 0.05) is 10.5 Å². The third-order valence-corrected chi connectivity index (χ3v) is 10.9. The first-order valence-electron chi connectivity index (χ1n) is 10.4. The minimum atomic E-state index is -0.0718. The van der Waals surface area contributed by atoms with Gasteiger partial charge in [-0.15, -0.1) is 0 Å². The zero-order valence-electron chi connectivity index (χ0n) is 15.7. The number of thioether (sulfide) groups is 1. The van der Waals surface area contributed by atoms with Gasteiger partial charge in [-0.25, -0.2) is 0 Å². The zero-order valence-corrected chi connectivity index (χ0v) is 16.5. The lowest BCUT2D eigenvalue weighted by atomic mass is 9.47. The molecule has 0 radical (unpaired) electrons. The molecule has 4 fully saturated rings. The maximum absolute atomic E-state index is 10.1. The van der Waals surface area contributed by atoms with Crippen molar-refractivity contribution in [3.63, 3.8) is 0 Å². The fourth-order valence-electron chi connectivity index (χ4n) is 7.96. The largest absolute Gasteiger partial charge is 0.393 e. The molecule has 5 aliphatic rings. The van der Waals surface area contributed by atoms with Crippen LogP contribution in [0.2, 0.25) is 0 Å². The maximum atomic E-state index is 10.1. The number of hydrogen-bond donors (Lipinski definition) is 1. The number of fused-ring (bicyclic) bond motifs is 5. The van der Waals surface area contributed by atoms with Crippen molar-refractivity contribution >= 4 is 11.8 Å². The molecule has 5 rings (SSSR count). The van der Waals surface area contributed by atoms with Crippen LogP contribution in [-0.4, -0.2) is 21.7 Å². The second kappa shape index (κ2) is 5.06. The van der Waals surface area contributed by atoms with E-state index in [1.165, 1.54) is 44.3 Å². The highest BCUT2D eigenvalue weighted by atomic mass is 32.2. The van der Waals surface area contributed by atoms with Crippen molar-refractivity contribution in [2.75, 3.05) is 5.75 Å². The van der Waals surface area contributed by atoms with E-state index in [-0.39, 0.29) is 6.10 Å². The van der Waals surface area contributed by atoms with Crippen LogP contribution in [0.4, 0.5) is 0 Å². The van der Waals surface area contributed by atoms with E-state index in [1.807, 2.05) is 0 Å². The van der Waals surface area contributed by atoms with Crippen molar-refractivity contribution in [1.82, 2.24) is 0 Å². The molecule has 24 heavy (non-hydrogen) atoms. The predicted octanol–water partition coefficient (Wildman–Crippen LogP) is 5.43.